The molecule has 1 fully saturated rings. The fraction of sp³-hybridized carbons (Fsp3) is 0.857. The quantitative estimate of drug-likeness (QED) is 0.790. The van der Waals surface area contributed by atoms with Crippen molar-refractivity contribution < 1.29 is 14.7 Å². The van der Waals surface area contributed by atoms with Gasteiger partial charge >= 0.3 is 12.0 Å². The minimum absolute atomic E-state index is 0.136. The van der Waals surface area contributed by atoms with Crippen molar-refractivity contribution in [2.45, 2.75) is 45.1 Å². The largest absolute Gasteiger partial charge is 0.481 e. The van der Waals surface area contributed by atoms with Gasteiger partial charge in [-0.2, -0.15) is 11.8 Å². The zero-order valence-corrected chi connectivity index (χ0v) is 13.5. The zero-order chi connectivity index (χ0) is 15.2. The summed E-state index contributed by atoms with van der Waals surface area (Å²) in [6.07, 6.45) is 6.28. The molecule has 20 heavy (non-hydrogen) atoms. The van der Waals surface area contributed by atoms with Gasteiger partial charge in [0.05, 0.1) is 5.41 Å². The Labute approximate surface area is 125 Å². The Kier molecular flexibility index (Phi) is 6.65. The number of carboxylic acids is 1. The Hall–Kier alpha value is -0.910. The van der Waals surface area contributed by atoms with Crippen molar-refractivity contribution in [2.75, 3.05) is 25.6 Å². The number of nitrogens with one attached hydrogen (secondary N) is 1. The molecule has 2 amide bonds. The highest BCUT2D eigenvalue weighted by Crippen LogP contribution is 2.36. The molecule has 0 heterocycles. The number of urea groups is 1. The molecule has 0 aromatic carbocycles. The number of aliphatic carboxylic acids is 1. The molecular weight excluding hydrogens is 276 g/mol. The molecule has 0 saturated heterocycles. The van der Waals surface area contributed by atoms with Crippen LogP contribution in [0.3, 0.4) is 0 Å². The minimum Gasteiger partial charge on any atom is -0.481 e. The Morgan fingerprint density at radius 1 is 1.35 bits per heavy atom. The predicted octanol–water partition coefficient (Wildman–Crippen LogP) is 2.41. The smallest absolute Gasteiger partial charge is 0.317 e. The molecule has 116 valence electrons. The second-order valence-corrected chi connectivity index (χ2v) is 6.63. The Morgan fingerprint density at radius 3 is 2.45 bits per heavy atom. The number of amides is 2. The van der Waals surface area contributed by atoms with E-state index in [9.17, 15) is 14.7 Å². The lowest BCUT2D eigenvalue weighted by atomic mass is 9.74. The fourth-order valence-corrected chi connectivity index (χ4v) is 3.32. The number of hydrogen-bond donors (Lipinski definition) is 2. The summed E-state index contributed by atoms with van der Waals surface area (Å²) in [7, 11) is 1.75. The van der Waals surface area contributed by atoms with Crippen LogP contribution in [0.15, 0.2) is 0 Å². The molecule has 6 heteroatoms. The number of carbonyl (C=O) groups excluding carboxylic acids is 1. The molecule has 1 aliphatic rings. The van der Waals surface area contributed by atoms with Crippen LogP contribution >= 0.6 is 11.8 Å². The molecule has 0 bridgehead atoms. The zero-order valence-electron chi connectivity index (χ0n) is 12.6. The van der Waals surface area contributed by atoms with Gasteiger partial charge in [-0.05, 0) is 26.0 Å². The summed E-state index contributed by atoms with van der Waals surface area (Å²) in [5.41, 5.74) is -0.766. The molecule has 1 rings (SSSR count). The van der Waals surface area contributed by atoms with E-state index in [0.29, 0.717) is 12.8 Å². The molecule has 0 aliphatic heterocycles. The Morgan fingerprint density at radius 2 is 1.95 bits per heavy atom. The topological polar surface area (TPSA) is 69.6 Å². The molecule has 1 atom stereocenters. The lowest BCUT2D eigenvalue weighted by Crippen LogP contribution is -2.49. The summed E-state index contributed by atoms with van der Waals surface area (Å²) in [5.74, 6) is 0.0888. The van der Waals surface area contributed by atoms with Crippen molar-refractivity contribution in [3.8, 4) is 0 Å². The predicted molar refractivity (Wildman–Crippen MR) is 82.2 cm³/mol. The Balaban J connectivity index is 2.55. The molecule has 0 radical (unpaired) electrons. The van der Waals surface area contributed by atoms with Gasteiger partial charge in [0.1, 0.15) is 0 Å². The highest BCUT2D eigenvalue weighted by atomic mass is 32.2. The second-order valence-electron chi connectivity index (χ2n) is 5.72. The van der Waals surface area contributed by atoms with Gasteiger partial charge in [0.25, 0.3) is 0 Å². The number of nitrogens with zero attached hydrogens (tertiary/aromatic N) is 1. The summed E-state index contributed by atoms with van der Waals surface area (Å²) >= 11 is 1.69. The van der Waals surface area contributed by atoms with E-state index in [2.05, 4.69) is 5.32 Å². The third-order valence-electron chi connectivity index (χ3n) is 4.23. The summed E-state index contributed by atoms with van der Waals surface area (Å²) in [5, 5.41) is 12.3. The molecule has 0 spiro atoms. The number of rotatable bonds is 6. The van der Waals surface area contributed by atoms with Crippen LogP contribution in [0.5, 0.6) is 0 Å². The van der Waals surface area contributed by atoms with E-state index in [-0.39, 0.29) is 18.6 Å². The van der Waals surface area contributed by atoms with Crippen LogP contribution in [0.4, 0.5) is 4.79 Å². The standard InChI is InChI=1S/C14H26N2O3S/c1-11(9-20-3)16(2)13(19)15-10-14(12(17)18)7-5-4-6-8-14/h11H,4-10H2,1-3H3,(H,15,19)(H,17,18). The molecule has 5 nitrogen and oxygen atoms in total. The van der Waals surface area contributed by atoms with E-state index < -0.39 is 11.4 Å². The number of thioether (sulfide) groups is 1. The number of carbonyl (C=O) groups is 2. The summed E-state index contributed by atoms with van der Waals surface area (Å²) in [6.45, 7) is 2.22. The summed E-state index contributed by atoms with van der Waals surface area (Å²) in [6, 6.07) is -0.0464. The van der Waals surface area contributed by atoms with Crippen LogP contribution in [0.1, 0.15) is 39.0 Å². The van der Waals surface area contributed by atoms with Crippen LogP contribution in [-0.4, -0.2) is 53.6 Å². The molecule has 1 aliphatic carbocycles. The van der Waals surface area contributed by atoms with E-state index in [0.717, 1.165) is 25.0 Å². The van der Waals surface area contributed by atoms with Gasteiger partial charge < -0.3 is 15.3 Å². The first-order valence-corrected chi connectivity index (χ1v) is 8.55. The summed E-state index contributed by atoms with van der Waals surface area (Å²) in [4.78, 5) is 25.3. The maximum Gasteiger partial charge on any atom is 0.317 e. The first kappa shape index (κ1) is 17.1. The third-order valence-corrected chi connectivity index (χ3v) is 5.05. The van der Waals surface area contributed by atoms with Gasteiger partial charge in [-0.15, -0.1) is 0 Å². The van der Waals surface area contributed by atoms with Gasteiger partial charge in [-0.3, -0.25) is 4.79 Å². The fourth-order valence-electron chi connectivity index (χ4n) is 2.62. The minimum atomic E-state index is -0.780. The molecule has 0 aromatic heterocycles. The second kappa shape index (κ2) is 7.76. The van der Waals surface area contributed by atoms with Crippen molar-refractivity contribution in [3.05, 3.63) is 0 Å². The van der Waals surface area contributed by atoms with Gasteiger partial charge in [-0.1, -0.05) is 19.3 Å². The average molecular weight is 302 g/mol. The average Bonchev–Trinajstić information content (AvgIpc) is 2.45. The molecule has 1 saturated carbocycles. The maximum atomic E-state index is 12.1. The van der Waals surface area contributed by atoms with Crippen LogP contribution in [0.2, 0.25) is 0 Å². The van der Waals surface area contributed by atoms with Crippen LogP contribution in [0.25, 0.3) is 0 Å². The van der Waals surface area contributed by atoms with Gasteiger partial charge in [0, 0.05) is 25.4 Å². The number of carboxylic acid groups (broad SMARTS) is 1. The van der Waals surface area contributed by atoms with Gasteiger partial charge in [-0.25, -0.2) is 4.79 Å². The van der Waals surface area contributed by atoms with Gasteiger partial charge in [0.15, 0.2) is 0 Å². The third kappa shape index (κ3) is 4.30. The Bertz CT molecular complexity index is 343. The van der Waals surface area contributed by atoms with E-state index in [4.69, 9.17) is 0 Å². The number of hydrogen-bond acceptors (Lipinski definition) is 3. The molecular formula is C14H26N2O3S. The van der Waals surface area contributed by atoms with E-state index in [1.54, 1.807) is 23.7 Å². The van der Waals surface area contributed by atoms with Crippen molar-refractivity contribution in [1.82, 2.24) is 10.2 Å². The molecule has 0 aromatic rings. The van der Waals surface area contributed by atoms with Crippen molar-refractivity contribution in [2.24, 2.45) is 5.41 Å². The first-order valence-electron chi connectivity index (χ1n) is 7.16. The molecule has 2 N–H and O–H groups in total. The maximum absolute atomic E-state index is 12.1. The van der Waals surface area contributed by atoms with Gasteiger partial charge in [0.2, 0.25) is 0 Å². The van der Waals surface area contributed by atoms with E-state index >= 15 is 0 Å². The van der Waals surface area contributed by atoms with Crippen LogP contribution in [0, 0.1) is 5.41 Å². The monoisotopic (exact) mass is 302 g/mol. The van der Waals surface area contributed by atoms with Crippen molar-refractivity contribution in [3.63, 3.8) is 0 Å². The van der Waals surface area contributed by atoms with Crippen molar-refractivity contribution >= 4 is 23.8 Å². The van der Waals surface area contributed by atoms with Crippen LogP contribution < -0.4 is 5.32 Å². The van der Waals surface area contributed by atoms with Crippen molar-refractivity contribution in [1.29, 1.82) is 0 Å². The van der Waals surface area contributed by atoms with Crippen LogP contribution in [-0.2, 0) is 4.79 Å². The highest BCUT2D eigenvalue weighted by Gasteiger charge is 2.40. The lowest BCUT2D eigenvalue weighted by molar-refractivity contribution is -0.150. The van der Waals surface area contributed by atoms with E-state index in [1.165, 1.54) is 0 Å². The lowest BCUT2D eigenvalue weighted by Gasteiger charge is -2.34. The van der Waals surface area contributed by atoms with E-state index in [1.807, 2.05) is 13.2 Å². The highest BCUT2D eigenvalue weighted by molar-refractivity contribution is 7.98. The summed E-state index contributed by atoms with van der Waals surface area (Å²) < 4.78 is 0. The first-order chi connectivity index (χ1) is 9.43. The molecule has 1 unspecified atom stereocenters. The normalized spacial score (nSPS) is 19.1. The SMILES string of the molecule is CSCC(C)N(C)C(=O)NCC1(C(=O)O)CCCCC1.